The Bertz CT molecular complexity index is 2600. The van der Waals surface area contributed by atoms with Crippen LogP contribution in [0.15, 0.2) is 201 Å². The largest absolute Gasteiger partial charge is 0.478 e. The molecule has 4 aromatic carbocycles. The number of hydrogen-bond donors (Lipinski definition) is 2. The molecule has 0 aliphatic carbocycles. The van der Waals surface area contributed by atoms with Crippen LogP contribution in [-0.4, -0.2) is 45.0 Å². The molecule has 5 aliphatic heterocycles. The molecule has 2 N–H and O–H groups in total. The monoisotopic (exact) mass is 700 g/mol. The van der Waals surface area contributed by atoms with Crippen LogP contribution in [0.2, 0.25) is 0 Å². The van der Waals surface area contributed by atoms with Gasteiger partial charge < -0.3 is 10.2 Å². The van der Waals surface area contributed by atoms with Gasteiger partial charge in [0.15, 0.2) is 0 Å². The van der Waals surface area contributed by atoms with Crippen LogP contribution >= 0.6 is 0 Å². The Kier molecular flexibility index (Phi) is 7.90. The summed E-state index contributed by atoms with van der Waals surface area (Å²) in [6.07, 6.45) is 15.7. The molecular weight excluding hydrogens is 673 g/mol. The molecule has 5 aliphatic rings. The molecule has 9 rings (SSSR count). The van der Waals surface area contributed by atoms with Gasteiger partial charge in [-0.15, -0.1) is 0 Å². The third-order valence-electron chi connectivity index (χ3n) is 9.58. The van der Waals surface area contributed by atoms with Gasteiger partial charge in [-0.2, -0.15) is 0 Å². The number of carboxylic acids is 2. The van der Waals surface area contributed by atoms with Crippen molar-refractivity contribution >= 4 is 57.1 Å². The van der Waals surface area contributed by atoms with Crippen LogP contribution in [-0.2, 0) is 0 Å². The summed E-state index contributed by atoms with van der Waals surface area (Å²) < 4.78 is 0. The third kappa shape index (κ3) is 5.78. The molecule has 256 valence electrons. The fourth-order valence-electron chi connectivity index (χ4n) is 7.04. The number of nitrogens with zero attached hydrogens (tertiary/aromatic N) is 4. The first-order valence-electron chi connectivity index (χ1n) is 17.3. The van der Waals surface area contributed by atoms with Crippen molar-refractivity contribution < 1.29 is 19.8 Å². The van der Waals surface area contributed by atoms with E-state index in [1.807, 2.05) is 109 Å². The zero-order valence-electron chi connectivity index (χ0n) is 28.5. The fourth-order valence-corrected chi connectivity index (χ4v) is 7.04. The summed E-state index contributed by atoms with van der Waals surface area (Å²) in [6.45, 7) is 0. The van der Waals surface area contributed by atoms with Crippen LogP contribution in [0.5, 0.6) is 0 Å². The lowest BCUT2D eigenvalue weighted by Crippen LogP contribution is -2.04. The highest BCUT2D eigenvalue weighted by Gasteiger charge is 2.27. The summed E-state index contributed by atoms with van der Waals surface area (Å²) in [5, 5.41) is 19.3. The smallest absolute Gasteiger partial charge is 0.335 e. The summed E-state index contributed by atoms with van der Waals surface area (Å²) in [5.74, 6) is -2.03. The molecule has 0 amide bonds. The van der Waals surface area contributed by atoms with E-state index < -0.39 is 11.9 Å². The van der Waals surface area contributed by atoms with Gasteiger partial charge in [0, 0.05) is 22.3 Å². The maximum atomic E-state index is 11.8. The Morgan fingerprint density at radius 3 is 0.852 bits per heavy atom. The Hall–Kier alpha value is -7.58. The Labute approximate surface area is 310 Å². The average molecular weight is 701 g/mol. The van der Waals surface area contributed by atoms with Crippen molar-refractivity contribution in [3.63, 3.8) is 0 Å². The number of carboxylic acid groups (broad SMARTS) is 2. The van der Waals surface area contributed by atoms with Crippen molar-refractivity contribution in [2.75, 3.05) is 0 Å². The molecule has 5 heterocycles. The van der Waals surface area contributed by atoms with Gasteiger partial charge >= 0.3 is 11.9 Å². The summed E-state index contributed by atoms with van der Waals surface area (Å²) in [7, 11) is 0. The van der Waals surface area contributed by atoms with E-state index in [9.17, 15) is 19.8 Å². The lowest BCUT2D eigenvalue weighted by Gasteiger charge is -2.13. The van der Waals surface area contributed by atoms with E-state index in [0.29, 0.717) is 22.8 Å². The maximum absolute atomic E-state index is 11.8. The molecule has 8 nitrogen and oxygen atoms in total. The zero-order chi connectivity index (χ0) is 36.8. The van der Waals surface area contributed by atoms with Crippen LogP contribution in [0.4, 0.5) is 0 Å². The van der Waals surface area contributed by atoms with Crippen LogP contribution in [0.3, 0.4) is 0 Å². The predicted molar refractivity (Wildman–Crippen MR) is 214 cm³/mol. The van der Waals surface area contributed by atoms with Crippen LogP contribution in [0.25, 0.3) is 22.3 Å². The van der Waals surface area contributed by atoms with Gasteiger partial charge in [0.25, 0.3) is 0 Å². The molecule has 8 heteroatoms. The highest BCUT2D eigenvalue weighted by atomic mass is 16.4. The molecule has 0 fully saturated rings. The van der Waals surface area contributed by atoms with E-state index >= 15 is 0 Å². The van der Waals surface area contributed by atoms with E-state index in [4.69, 9.17) is 20.0 Å². The van der Waals surface area contributed by atoms with Crippen molar-refractivity contribution in [3.8, 4) is 0 Å². The van der Waals surface area contributed by atoms with E-state index in [1.54, 1.807) is 48.5 Å². The van der Waals surface area contributed by atoms with Crippen molar-refractivity contribution in [3.05, 3.63) is 214 Å². The number of aromatic carboxylic acids is 2. The molecule has 0 aromatic heterocycles. The molecule has 0 spiro atoms. The number of hydrogen-bond acceptors (Lipinski definition) is 6. The molecule has 0 saturated carbocycles. The SMILES string of the molecule is O=C(O)c1ccc(C2=C3C=CC(=N3)C(c3ccc(C(=O)O)cc3)=C3C=CC(=N3)C(c3ccccc3)=C3C=CC(=N3)C(c3ccccc3)=C3C=CC2=N3)cc1. The molecule has 0 saturated heterocycles. The molecule has 4 aromatic rings. The molecule has 54 heavy (non-hydrogen) atoms. The van der Waals surface area contributed by atoms with Gasteiger partial charge in [0.1, 0.15) is 0 Å². The van der Waals surface area contributed by atoms with Crippen molar-refractivity contribution in [2.24, 2.45) is 20.0 Å². The highest BCUT2D eigenvalue weighted by Crippen LogP contribution is 2.38. The molecule has 0 unspecified atom stereocenters. The van der Waals surface area contributed by atoms with Crippen LogP contribution < -0.4 is 0 Å². The normalized spacial score (nSPS) is 17.0. The van der Waals surface area contributed by atoms with E-state index in [-0.39, 0.29) is 11.1 Å². The van der Waals surface area contributed by atoms with E-state index in [1.165, 1.54) is 0 Å². The first-order chi connectivity index (χ1) is 26.4. The van der Waals surface area contributed by atoms with Crippen molar-refractivity contribution in [1.29, 1.82) is 0 Å². The van der Waals surface area contributed by atoms with Crippen LogP contribution in [0, 0.1) is 0 Å². The van der Waals surface area contributed by atoms with Crippen LogP contribution in [0.1, 0.15) is 43.0 Å². The quantitative estimate of drug-likeness (QED) is 0.208. The minimum Gasteiger partial charge on any atom is -0.478 e. The lowest BCUT2D eigenvalue weighted by atomic mass is 9.97. The number of allylic oxidation sites excluding steroid dienone is 12. The first-order valence-corrected chi connectivity index (χ1v) is 17.3. The fraction of sp³-hybridized carbons (Fsp3) is 0. The van der Waals surface area contributed by atoms with Crippen molar-refractivity contribution in [2.45, 2.75) is 0 Å². The number of rotatable bonds is 6. The topological polar surface area (TPSA) is 124 Å². The first kappa shape index (κ1) is 32.3. The summed E-state index contributed by atoms with van der Waals surface area (Å²) in [5.41, 5.74) is 12.4. The number of benzene rings is 4. The number of aliphatic imine (C=N–C) groups is 4. The summed E-state index contributed by atoms with van der Waals surface area (Å²) in [6, 6.07) is 33.5. The van der Waals surface area contributed by atoms with E-state index in [2.05, 4.69) is 0 Å². The predicted octanol–water partition coefficient (Wildman–Crippen LogP) is 9.08. The van der Waals surface area contributed by atoms with Gasteiger partial charge in [-0.25, -0.2) is 29.6 Å². The minimum atomic E-state index is -1.02. The van der Waals surface area contributed by atoms with Gasteiger partial charge in [0.2, 0.25) is 0 Å². The van der Waals surface area contributed by atoms with Crippen molar-refractivity contribution in [1.82, 2.24) is 0 Å². The zero-order valence-corrected chi connectivity index (χ0v) is 28.5. The Morgan fingerprint density at radius 2 is 0.593 bits per heavy atom. The minimum absolute atomic E-state index is 0.169. The van der Waals surface area contributed by atoms with Gasteiger partial charge in [-0.3, -0.25) is 0 Å². The number of fused-ring (bicyclic) bond motifs is 4. The second-order valence-corrected chi connectivity index (χ2v) is 12.9. The Morgan fingerprint density at radius 1 is 0.333 bits per heavy atom. The second kappa shape index (κ2) is 13.2. The van der Waals surface area contributed by atoms with Gasteiger partial charge in [-0.05, 0) is 95.1 Å². The van der Waals surface area contributed by atoms with Gasteiger partial charge in [0.05, 0.1) is 56.8 Å². The second-order valence-electron chi connectivity index (χ2n) is 12.9. The number of carbonyl (C=O) groups is 2. The molecular formula is C46H28N4O4. The molecule has 0 atom stereocenters. The highest BCUT2D eigenvalue weighted by molar-refractivity contribution is 6.39. The van der Waals surface area contributed by atoms with Gasteiger partial charge in [-0.1, -0.05) is 84.9 Å². The Balaban J connectivity index is 1.35. The lowest BCUT2D eigenvalue weighted by molar-refractivity contribution is 0.0686. The summed E-state index contributed by atoms with van der Waals surface area (Å²) in [4.78, 5) is 44.4. The average Bonchev–Trinajstić information content (AvgIpc) is 4.04. The maximum Gasteiger partial charge on any atom is 0.335 e. The summed E-state index contributed by atoms with van der Waals surface area (Å²) >= 11 is 0. The third-order valence-corrected chi connectivity index (χ3v) is 9.58. The van der Waals surface area contributed by atoms with E-state index in [0.717, 1.165) is 67.4 Å². The molecule has 0 radical (unpaired) electrons. The molecule has 8 bridgehead atoms. The standard InChI is InChI=1S/C46H28N4O4/c51-45(52)31-15-11-29(12-16-31)43-37-23-21-35(48-37)41(27-7-3-1-4-8-27)33-19-20-34(47-33)42(28-9-5-2-6-10-28)36-22-24-38(49-36)44(40-26-25-39(43)50-40)30-13-17-32(18-14-30)46(53)54/h1-26H,(H,51,52)(H,53,54).